The fourth-order valence-electron chi connectivity index (χ4n) is 22.2. The Kier molecular flexibility index (Phi) is 26.5. The van der Waals surface area contributed by atoms with E-state index in [4.69, 9.17) is 65.0 Å². The molecule has 12 aliphatic carbocycles. The average Bonchev–Trinajstić information content (AvgIpc) is 1.34. The van der Waals surface area contributed by atoms with Gasteiger partial charge in [-0.05, 0) is 220 Å². The molecule has 0 aliphatic heterocycles. The maximum absolute atomic E-state index is 10.9. The topological polar surface area (TPSA) is 380 Å². The van der Waals surface area contributed by atoms with E-state index in [2.05, 4.69) is 0 Å². The number of carboxylic acid groups (broad SMARTS) is 6. The van der Waals surface area contributed by atoms with Gasteiger partial charge in [-0.1, -0.05) is 141 Å². The minimum absolute atomic E-state index is 0.0447. The molecule has 0 radical (unpaired) electrons. The van der Waals surface area contributed by atoms with Crippen LogP contribution in [0.3, 0.4) is 0 Å². The summed E-state index contributed by atoms with van der Waals surface area (Å²) in [4.78, 5) is 65.1. The van der Waals surface area contributed by atoms with Crippen molar-refractivity contribution < 1.29 is 59.4 Å². The normalized spacial score (nSPS) is 40.4. The Morgan fingerprint density at radius 2 is 0.352 bits per heavy atom. The maximum atomic E-state index is 10.9. The number of hydrogen-bond donors (Lipinski definition) is 12. The number of fused-ring (bicyclic) bond motifs is 6. The smallest absolute Gasteiger partial charge is 0.303 e. The van der Waals surface area contributed by atoms with Crippen molar-refractivity contribution in [3.05, 3.63) is 0 Å². The molecule has 18 atom stereocenters. The lowest BCUT2D eigenvalue weighted by atomic mass is 9.48. The van der Waals surface area contributed by atoms with Gasteiger partial charge in [-0.2, -0.15) is 0 Å². The van der Waals surface area contributed by atoms with Gasteiger partial charge in [-0.15, -0.1) is 0 Å². The van der Waals surface area contributed by atoms with Crippen molar-refractivity contribution in [1.82, 2.24) is 0 Å². The van der Waals surface area contributed by atoms with Crippen molar-refractivity contribution in [3.63, 3.8) is 0 Å². The first-order chi connectivity index (χ1) is 42.1. The summed E-state index contributed by atoms with van der Waals surface area (Å²) >= 11 is 0. The number of rotatable bonds is 18. The van der Waals surface area contributed by atoms with Crippen molar-refractivity contribution in [2.75, 3.05) is 39.3 Å². The molecule has 504 valence electrons. The first-order valence-corrected chi connectivity index (χ1v) is 35.6. The van der Waals surface area contributed by atoms with Gasteiger partial charge in [0.05, 0.1) is 38.5 Å². The second kappa shape index (κ2) is 32.4. The highest BCUT2D eigenvalue weighted by Crippen LogP contribution is 2.63. The molecule has 0 saturated heterocycles. The monoisotopic (exact) mass is 1240 g/mol. The van der Waals surface area contributed by atoms with Crippen molar-refractivity contribution in [2.45, 2.75) is 257 Å². The highest BCUT2D eigenvalue weighted by molar-refractivity contribution is 5.70. The van der Waals surface area contributed by atoms with Gasteiger partial charge in [0.2, 0.25) is 0 Å². The minimum atomic E-state index is -0.681. The molecule has 12 saturated carbocycles. The van der Waals surface area contributed by atoms with Crippen molar-refractivity contribution in [1.29, 1.82) is 0 Å². The van der Waals surface area contributed by atoms with Gasteiger partial charge in [0.1, 0.15) is 0 Å². The summed E-state index contributed by atoms with van der Waals surface area (Å²) in [6.45, 7) is 3.34. The molecule has 12 fully saturated rings. The van der Waals surface area contributed by atoms with Crippen LogP contribution < -0.4 is 34.4 Å². The van der Waals surface area contributed by atoms with E-state index < -0.39 is 35.8 Å². The van der Waals surface area contributed by atoms with Crippen LogP contribution in [0.1, 0.15) is 257 Å². The Hall–Kier alpha value is -3.42. The number of hydrogen-bond acceptors (Lipinski definition) is 12. The van der Waals surface area contributed by atoms with E-state index in [-0.39, 0.29) is 71.0 Å². The molecule has 18 N–H and O–H groups in total. The molecule has 0 bridgehead atoms. The van der Waals surface area contributed by atoms with E-state index in [9.17, 15) is 28.8 Å². The average molecular weight is 1240 g/mol. The molecule has 0 spiro atoms. The van der Waals surface area contributed by atoms with Gasteiger partial charge >= 0.3 is 35.8 Å². The summed E-state index contributed by atoms with van der Waals surface area (Å²) in [5.74, 6) is 4.20. The van der Waals surface area contributed by atoms with Gasteiger partial charge in [0.15, 0.2) is 0 Å². The second-order valence-electron chi connectivity index (χ2n) is 31.4. The number of carboxylic acids is 6. The van der Waals surface area contributed by atoms with E-state index in [0.29, 0.717) is 74.8 Å². The third-order valence-corrected chi connectivity index (χ3v) is 26.6. The Bertz CT molecular complexity index is 2040. The van der Waals surface area contributed by atoms with E-state index in [1.165, 1.54) is 180 Å². The van der Waals surface area contributed by atoms with Crippen LogP contribution in [0.25, 0.3) is 0 Å². The highest BCUT2D eigenvalue weighted by atomic mass is 16.4. The molecular formula is C70H122N6O12. The zero-order valence-electron chi connectivity index (χ0n) is 54.1. The van der Waals surface area contributed by atoms with Gasteiger partial charge in [-0.25, -0.2) is 0 Å². The predicted molar refractivity (Wildman–Crippen MR) is 341 cm³/mol. The zero-order chi connectivity index (χ0) is 63.9. The van der Waals surface area contributed by atoms with Crippen molar-refractivity contribution in [2.24, 2.45) is 138 Å². The molecule has 12 rings (SSSR count). The van der Waals surface area contributed by atoms with Crippen LogP contribution in [0.15, 0.2) is 0 Å². The van der Waals surface area contributed by atoms with E-state index in [1.807, 2.05) is 0 Å². The summed E-state index contributed by atoms with van der Waals surface area (Å²) in [5.41, 5.74) is 34.5. The molecule has 18 heteroatoms. The van der Waals surface area contributed by atoms with Crippen LogP contribution in [0.5, 0.6) is 0 Å². The molecule has 0 aromatic heterocycles. The number of nitrogens with two attached hydrogens (primary N) is 6. The molecule has 0 aromatic carbocycles. The van der Waals surface area contributed by atoms with Gasteiger partial charge in [0.25, 0.3) is 0 Å². The van der Waals surface area contributed by atoms with E-state index in [1.54, 1.807) is 0 Å². The summed E-state index contributed by atoms with van der Waals surface area (Å²) < 4.78 is 0. The fraction of sp³-hybridized carbons (Fsp3) is 0.914. The summed E-state index contributed by atoms with van der Waals surface area (Å²) in [5, 5.41) is 53.6. The summed E-state index contributed by atoms with van der Waals surface area (Å²) in [7, 11) is 0. The molecule has 0 aromatic rings. The van der Waals surface area contributed by atoms with Crippen LogP contribution in [-0.4, -0.2) is 106 Å². The van der Waals surface area contributed by atoms with E-state index in [0.717, 1.165) is 74.0 Å². The molecule has 18 nitrogen and oxygen atoms in total. The van der Waals surface area contributed by atoms with Gasteiger partial charge in [-0.3, -0.25) is 28.8 Å². The van der Waals surface area contributed by atoms with Crippen LogP contribution in [0.4, 0.5) is 0 Å². The third kappa shape index (κ3) is 16.9. The SMILES string of the molecule is NC[C@@]1(CC(=O)O)C[C@@H]2CCCCC[C@@H]21.NC[C@@]1(CC(=O)O)C[C@@H]2CCCC[C@@H]21.NC[C@@]1(CC(=O)O)C[C@H]2CCCCC[C@H]21.NC[C@@]1(CC(=O)O)C[C@H]2CCCC[C@H]21.NC[C@]1(CC(=O)O)C[C@@H]2CCCCC[C@@H]21.NC[C@]1(CC(=O)O)C[C@H]2CCCCC[C@H]21. The van der Waals surface area contributed by atoms with Crippen molar-refractivity contribution >= 4 is 35.8 Å². The highest BCUT2D eigenvalue weighted by Gasteiger charge is 2.58. The van der Waals surface area contributed by atoms with Gasteiger partial charge in [0, 0.05) is 0 Å². The van der Waals surface area contributed by atoms with Crippen LogP contribution in [-0.2, 0) is 28.8 Å². The molecule has 0 heterocycles. The first kappa shape index (κ1) is 72.0. The first-order valence-electron chi connectivity index (χ1n) is 35.6. The second-order valence-corrected chi connectivity index (χ2v) is 31.4. The van der Waals surface area contributed by atoms with Crippen LogP contribution in [0, 0.1) is 104 Å². The zero-order valence-corrected chi connectivity index (χ0v) is 54.1. The van der Waals surface area contributed by atoms with Gasteiger partial charge < -0.3 is 65.0 Å². The van der Waals surface area contributed by atoms with E-state index >= 15 is 0 Å². The Balaban J connectivity index is 0.000000151. The van der Waals surface area contributed by atoms with Crippen molar-refractivity contribution in [3.8, 4) is 0 Å². The quantitative estimate of drug-likeness (QED) is 0.0606. The third-order valence-electron chi connectivity index (χ3n) is 26.6. The number of carbonyl (C=O) groups is 6. The Labute approximate surface area is 527 Å². The lowest BCUT2D eigenvalue weighted by Crippen LogP contribution is -2.54. The fourth-order valence-corrected chi connectivity index (χ4v) is 22.2. The van der Waals surface area contributed by atoms with Crippen LogP contribution in [0.2, 0.25) is 0 Å². The minimum Gasteiger partial charge on any atom is -0.481 e. The lowest BCUT2D eigenvalue weighted by molar-refractivity contribution is -0.149. The summed E-state index contributed by atoms with van der Waals surface area (Å²) in [6.07, 6.45) is 43.9. The molecule has 12 aliphatic rings. The summed E-state index contributed by atoms with van der Waals surface area (Å²) in [6, 6.07) is 0. The lowest BCUT2D eigenvalue weighted by Gasteiger charge is -2.57. The number of aliphatic carboxylic acids is 6. The maximum Gasteiger partial charge on any atom is 0.303 e. The Morgan fingerprint density at radius 3 is 0.489 bits per heavy atom. The molecular weight excluding hydrogens is 1120 g/mol. The standard InChI is InChI=1S/4C12H21NO2.2C11H19NO2/c4*13-8-12(7-11(14)15)6-9-4-2-1-3-5-10(9)12;2*12-7-11(6-10(13)14)5-8-3-1-2-4-9(8)11/h4*9-10H,1-8,13H2,(H,14,15);2*8-9H,1-7,12H2,(H,13,14)/t2*9-,10-,12+;2*9-,10-,12-;8-,9-,11+;8-,9-,11-/m101010/s1. The predicted octanol–water partition coefficient (Wildman–Crippen LogP) is 11.3. The largest absolute Gasteiger partial charge is 0.481 e. The Morgan fingerprint density at radius 1 is 0.227 bits per heavy atom. The molecule has 0 amide bonds. The molecule has 0 unspecified atom stereocenters. The molecule has 88 heavy (non-hydrogen) atoms. The van der Waals surface area contributed by atoms with Crippen LogP contribution >= 0.6 is 0 Å².